The van der Waals surface area contributed by atoms with Crippen molar-refractivity contribution in [1.29, 1.82) is 0 Å². The van der Waals surface area contributed by atoms with Gasteiger partial charge in [-0.25, -0.2) is 4.98 Å². The summed E-state index contributed by atoms with van der Waals surface area (Å²) >= 11 is 0. The molecule has 0 radical (unpaired) electrons. The van der Waals surface area contributed by atoms with Crippen LogP contribution in [0.1, 0.15) is 43.8 Å². The lowest BCUT2D eigenvalue weighted by atomic mass is 9.89. The molecule has 2 rings (SSSR count). The second-order valence-electron chi connectivity index (χ2n) is 4.22. The van der Waals surface area contributed by atoms with Crippen molar-refractivity contribution in [3.05, 3.63) is 5.82 Å². The molecule has 1 fully saturated rings. The first-order chi connectivity index (χ1) is 7.72. The van der Waals surface area contributed by atoms with E-state index in [-0.39, 0.29) is 0 Å². The van der Waals surface area contributed by atoms with Crippen molar-refractivity contribution in [3.63, 3.8) is 0 Å². The maximum atomic E-state index is 5.75. The third-order valence-electron chi connectivity index (χ3n) is 3.12. The quantitative estimate of drug-likeness (QED) is 0.795. The zero-order valence-corrected chi connectivity index (χ0v) is 9.57. The molecule has 5 nitrogen and oxygen atoms in total. The molecule has 1 heterocycles. The second kappa shape index (κ2) is 4.55. The van der Waals surface area contributed by atoms with E-state index in [1.54, 1.807) is 7.11 Å². The summed E-state index contributed by atoms with van der Waals surface area (Å²) in [5.41, 5.74) is 11.8. The van der Waals surface area contributed by atoms with Gasteiger partial charge in [-0.1, -0.05) is 19.3 Å². The highest BCUT2D eigenvalue weighted by Crippen LogP contribution is 2.33. The van der Waals surface area contributed by atoms with Crippen LogP contribution in [0.4, 0.5) is 11.5 Å². The Kier molecular flexibility index (Phi) is 3.12. The molecule has 5 heteroatoms. The lowest BCUT2D eigenvalue weighted by Gasteiger charge is -2.21. The Bertz CT molecular complexity index is 374. The van der Waals surface area contributed by atoms with Gasteiger partial charge in [0, 0.05) is 5.92 Å². The summed E-state index contributed by atoms with van der Waals surface area (Å²) in [6.45, 7) is 0. The van der Waals surface area contributed by atoms with Gasteiger partial charge in [-0.05, 0) is 12.8 Å². The van der Waals surface area contributed by atoms with E-state index in [0.717, 1.165) is 18.7 Å². The van der Waals surface area contributed by atoms with Crippen LogP contribution in [-0.2, 0) is 0 Å². The molecular formula is C11H18N4O. The number of nitrogen functional groups attached to an aromatic ring is 2. The largest absolute Gasteiger partial charge is 0.479 e. The summed E-state index contributed by atoms with van der Waals surface area (Å²) in [5.74, 6) is 1.91. The highest BCUT2D eigenvalue weighted by Gasteiger charge is 2.20. The SMILES string of the molecule is COc1nc(C2CCCCC2)nc(N)c1N. The molecule has 0 aromatic carbocycles. The van der Waals surface area contributed by atoms with Crippen LogP contribution >= 0.6 is 0 Å². The third kappa shape index (κ3) is 2.03. The molecule has 88 valence electrons. The normalized spacial score (nSPS) is 17.3. The number of ether oxygens (including phenoxy) is 1. The summed E-state index contributed by atoms with van der Waals surface area (Å²) in [7, 11) is 1.54. The van der Waals surface area contributed by atoms with Gasteiger partial charge in [0.25, 0.3) is 0 Å². The molecule has 1 aromatic rings. The predicted octanol–water partition coefficient (Wildman–Crippen LogP) is 1.70. The summed E-state index contributed by atoms with van der Waals surface area (Å²) in [4.78, 5) is 8.60. The first-order valence-corrected chi connectivity index (χ1v) is 5.69. The third-order valence-corrected chi connectivity index (χ3v) is 3.12. The smallest absolute Gasteiger partial charge is 0.242 e. The number of rotatable bonds is 2. The number of hydrogen-bond donors (Lipinski definition) is 2. The average molecular weight is 222 g/mol. The summed E-state index contributed by atoms with van der Waals surface area (Å²) in [6, 6.07) is 0. The number of nitrogens with two attached hydrogens (primary N) is 2. The summed E-state index contributed by atoms with van der Waals surface area (Å²) in [6.07, 6.45) is 6.04. The number of hydrogen-bond acceptors (Lipinski definition) is 5. The van der Waals surface area contributed by atoms with Crippen molar-refractivity contribution in [2.45, 2.75) is 38.0 Å². The van der Waals surface area contributed by atoms with Gasteiger partial charge >= 0.3 is 0 Å². The Balaban J connectivity index is 2.29. The van der Waals surface area contributed by atoms with Crippen LogP contribution in [0.15, 0.2) is 0 Å². The van der Waals surface area contributed by atoms with Crippen molar-refractivity contribution >= 4 is 11.5 Å². The van der Waals surface area contributed by atoms with Gasteiger partial charge in [-0.15, -0.1) is 0 Å². The topological polar surface area (TPSA) is 87.0 Å². The first-order valence-electron chi connectivity index (χ1n) is 5.69. The number of aromatic nitrogens is 2. The Labute approximate surface area is 95.2 Å². The fourth-order valence-corrected chi connectivity index (χ4v) is 2.18. The minimum Gasteiger partial charge on any atom is -0.479 e. The average Bonchev–Trinajstić information content (AvgIpc) is 2.33. The number of nitrogens with zero attached hydrogens (tertiary/aromatic N) is 2. The molecule has 0 saturated heterocycles. The van der Waals surface area contributed by atoms with Crippen LogP contribution < -0.4 is 16.2 Å². The number of methoxy groups -OCH3 is 1. The van der Waals surface area contributed by atoms with Crippen molar-refractivity contribution < 1.29 is 4.74 Å². The minimum atomic E-state index is 0.326. The van der Waals surface area contributed by atoms with Gasteiger partial charge in [0.05, 0.1) is 7.11 Å². The Hall–Kier alpha value is -1.52. The van der Waals surface area contributed by atoms with E-state index >= 15 is 0 Å². The molecule has 0 unspecified atom stereocenters. The zero-order valence-electron chi connectivity index (χ0n) is 9.57. The molecule has 1 saturated carbocycles. The van der Waals surface area contributed by atoms with Gasteiger partial charge in [0.1, 0.15) is 11.5 Å². The zero-order chi connectivity index (χ0) is 11.5. The maximum Gasteiger partial charge on any atom is 0.242 e. The molecule has 0 aliphatic heterocycles. The molecule has 1 aliphatic carbocycles. The maximum absolute atomic E-state index is 5.75. The monoisotopic (exact) mass is 222 g/mol. The van der Waals surface area contributed by atoms with Gasteiger partial charge < -0.3 is 16.2 Å². The van der Waals surface area contributed by atoms with E-state index in [1.807, 2.05) is 0 Å². The second-order valence-corrected chi connectivity index (χ2v) is 4.22. The van der Waals surface area contributed by atoms with Crippen molar-refractivity contribution in [2.75, 3.05) is 18.6 Å². The Morgan fingerprint density at radius 1 is 1.12 bits per heavy atom. The van der Waals surface area contributed by atoms with Crippen molar-refractivity contribution in [1.82, 2.24) is 9.97 Å². The van der Waals surface area contributed by atoms with Crippen LogP contribution in [0.25, 0.3) is 0 Å². The Morgan fingerprint density at radius 3 is 2.44 bits per heavy atom. The van der Waals surface area contributed by atoms with Crippen LogP contribution in [0.3, 0.4) is 0 Å². The van der Waals surface area contributed by atoms with E-state index in [2.05, 4.69) is 9.97 Å². The van der Waals surface area contributed by atoms with Crippen LogP contribution in [0.5, 0.6) is 5.88 Å². The molecule has 0 bridgehead atoms. The molecule has 0 atom stereocenters. The lowest BCUT2D eigenvalue weighted by Crippen LogP contribution is -2.12. The van der Waals surface area contributed by atoms with Crippen molar-refractivity contribution in [3.8, 4) is 5.88 Å². The first kappa shape index (κ1) is 11.0. The van der Waals surface area contributed by atoms with E-state index in [0.29, 0.717) is 23.3 Å². The molecule has 4 N–H and O–H groups in total. The van der Waals surface area contributed by atoms with Crippen LogP contribution in [0, 0.1) is 0 Å². The Morgan fingerprint density at radius 2 is 1.81 bits per heavy atom. The van der Waals surface area contributed by atoms with Gasteiger partial charge in [-0.3, -0.25) is 0 Å². The van der Waals surface area contributed by atoms with E-state index in [4.69, 9.17) is 16.2 Å². The summed E-state index contributed by atoms with van der Waals surface area (Å²) in [5, 5.41) is 0. The molecule has 1 aromatic heterocycles. The van der Waals surface area contributed by atoms with E-state index < -0.39 is 0 Å². The van der Waals surface area contributed by atoms with Gasteiger partial charge in [-0.2, -0.15) is 4.98 Å². The summed E-state index contributed by atoms with van der Waals surface area (Å²) < 4.78 is 5.10. The molecule has 1 aliphatic rings. The lowest BCUT2D eigenvalue weighted by molar-refractivity contribution is 0.385. The van der Waals surface area contributed by atoms with Crippen molar-refractivity contribution in [2.24, 2.45) is 0 Å². The van der Waals surface area contributed by atoms with Crippen LogP contribution in [-0.4, -0.2) is 17.1 Å². The minimum absolute atomic E-state index is 0.326. The molecular weight excluding hydrogens is 204 g/mol. The molecule has 0 amide bonds. The number of anilines is 2. The van der Waals surface area contributed by atoms with E-state index in [1.165, 1.54) is 19.3 Å². The highest BCUT2D eigenvalue weighted by atomic mass is 16.5. The molecule has 16 heavy (non-hydrogen) atoms. The van der Waals surface area contributed by atoms with Crippen LogP contribution in [0.2, 0.25) is 0 Å². The van der Waals surface area contributed by atoms with Gasteiger partial charge in [0.15, 0.2) is 5.82 Å². The standard InChI is InChI=1S/C11H18N4O/c1-16-11-8(12)9(13)14-10(15-11)7-5-3-2-4-6-7/h7H,2-6,12H2,1H3,(H2,13,14,15). The molecule has 0 spiro atoms. The highest BCUT2D eigenvalue weighted by molar-refractivity contribution is 5.64. The predicted molar refractivity (Wildman–Crippen MR) is 63.2 cm³/mol. The fraction of sp³-hybridized carbons (Fsp3) is 0.636. The van der Waals surface area contributed by atoms with Gasteiger partial charge in [0.2, 0.25) is 5.88 Å². The van der Waals surface area contributed by atoms with E-state index in [9.17, 15) is 0 Å². The fourth-order valence-electron chi connectivity index (χ4n) is 2.18.